The molecule has 92 valence electrons. The molecule has 0 saturated carbocycles. The summed E-state index contributed by atoms with van der Waals surface area (Å²) in [6.07, 6.45) is 0. The van der Waals surface area contributed by atoms with Crippen molar-refractivity contribution in [3.8, 4) is 11.3 Å². The molecule has 1 rings (SSSR count). The number of benzene rings is 1. The van der Waals surface area contributed by atoms with E-state index in [2.05, 4.69) is 16.0 Å². The van der Waals surface area contributed by atoms with Crippen LogP contribution in [0.3, 0.4) is 0 Å². The molecular formula is C13H16ClNOS. The summed E-state index contributed by atoms with van der Waals surface area (Å²) < 4.78 is 14.7. The molecular weight excluding hydrogens is 254 g/mol. The smallest absolute Gasteiger partial charge is 0.107 e. The van der Waals surface area contributed by atoms with Gasteiger partial charge in [-0.1, -0.05) is 36.3 Å². The highest BCUT2D eigenvalue weighted by Gasteiger charge is 2.22. The summed E-state index contributed by atoms with van der Waals surface area (Å²) in [6.45, 7) is 5.73. The van der Waals surface area contributed by atoms with Crippen molar-refractivity contribution >= 4 is 22.6 Å². The Hall–Kier alpha value is -0.820. The molecule has 0 heterocycles. The lowest BCUT2D eigenvalue weighted by Crippen LogP contribution is -2.35. The molecule has 0 aliphatic carbocycles. The maximum atomic E-state index is 12.0. The SMILES string of the molecule is CC(C)(C)S(=O)N[C@@H](C#CCl)c1ccccc1. The molecule has 1 aromatic rings. The van der Waals surface area contributed by atoms with E-state index in [4.69, 9.17) is 11.6 Å². The van der Waals surface area contributed by atoms with Crippen molar-refractivity contribution in [2.24, 2.45) is 0 Å². The first-order valence-corrected chi connectivity index (χ1v) is 6.82. The molecule has 0 aromatic heterocycles. The fraction of sp³-hybridized carbons (Fsp3) is 0.385. The average molecular weight is 270 g/mol. The molecule has 0 spiro atoms. The first-order chi connectivity index (χ1) is 7.95. The summed E-state index contributed by atoms with van der Waals surface area (Å²) >= 11 is 5.44. The van der Waals surface area contributed by atoms with Gasteiger partial charge in [0, 0.05) is 5.38 Å². The van der Waals surface area contributed by atoms with Gasteiger partial charge in [-0.25, -0.2) is 8.93 Å². The Morgan fingerprint density at radius 1 is 1.29 bits per heavy atom. The van der Waals surface area contributed by atoms with Gasteiger partial charge in [0.05, 0.1) is 15.7 Å². The molecule has 2 atom stereocenters. The number of nitrogens with one attached hydrogen (secondary N) is 1. The standard InChI is InChI=1S/C13H16ClNOS/c1-13(2,3)17(16)15-12(9-10-14)11-7-5-4-6-8-11/h4-8,12,15H,1-3H3/t12-,17?/m0/s1. The summed E-state index contributed by atoms with van der Waals surface area (Å²) in [7, 11) is -1.18. The van der Waals surface area contributed by atoms with Crippen LogP contribution in [0.5, 0.6) is 0 Å². The summed E-state index contributed by atoms with van der Waals surface area (Å²) in [5.41, 5.74) is 0.957. The van der Waals surface area contributed by atoms with Gasteiger partial charge in [0.1, 0.15) is 6.04 Å². The molecule has 1 aromatic carbocycles. The van der Waals surface area contributed by atoms with Gasteiger partial charge in [0.2, 0.25) is 0 Å². The van der Waals surface area contributed by atoms with Crippen LogP contribution in [-0.2, 0) is 11.0 Å². The molecule has 0 radical (unpaired) electrons. The van der Waals surface area contributed by atoms with Crippen LogP contribution in [0, 0.1) is 11.3 Å². The predicted octanol–water partition coefficient (Wildman–Crippen LogP) is 2.98. The van der Waals surface area contributed by atoms with Gasteiger partial charge in [0.15, 0.2) is 0 Å². The van der Waals surface area contributed by atoms with Crippen molar-refractivity contribution in [1.29, 1.82) is 0 Å². The summed E-state index contributed by atoms with van der Waals surface area (Å²) in [6, 6.07) is 9.31. The maximum absolute atomic E-state index is 12.0. The topological polar surface area (TPSA) is 29.1 Å². The Balaban J connectivity index is 2.88. The van der Waals surface area contributed by atoms with Gasteiger partial charge < -0.3 is 0 Å². The minimum Gasteiger partial charge on any atom is -0.242 e. The third-order valence-electron chi connectivity index (χ3n) is 2.11. The van der Waals surface area contributed by atoms with E-state index in [0.717, 1.165) is 5.56 Å². The molecule has 1 N–H and O–H groups in total. The lowest BCUT2D eigenvalue weighted by molar-refractivity contribution is 0.629. The van der Waals surface area contributed by atoms with Crippen molar-refractivity contribution in [2.45, 2.75) is 31.6 Å². The highest BCUT2D eigenvalue weighted by molar-refractivity contribution is 7.84. The Kier molecular flexibility index (Phi) is 5.20. The third-order valence-corrected chi connectivity index (χ3v) is 3.78. The van der Waals surface area contributed by atoms with Crippen LogP contribution >= 0.6 is 11.6 Å². The zero-order valence-electron chi connectivity index (χ0n) is 10.2. The van der Waals surface area contributed by atoms with Crippen LogP contribution in [0.2, 0.25) is 0 Å². The van der Waals surface area contributed by atoms with E-state index in [1.807, 2.05) is 51.1 Å². The van der Waals surface area contributed by atoms with Crippen molar-refractivity contribution in [1.82, 2.24) is 4.72 Å². The molecule has 2 nitrogen and oxygen atoms in total. The van der Waals surface area contributed by atoms with Gasteiger partial charge in [-0.2, -0.15) is 0 Å². The number of hydrogen-bond acceptors (Lipinski definition) is 1. The van der Waals surface area contributed by atoms with E-state index in [1.165, 1.54) is 0 Å². The first-order valence-electron chi connectivity index (χ1n) is 5.29. The van der Waals surface area contributed by atoms with Gasteiger partial charge >= 0.3 is 0 Å². The van der Waals surface area contributed by atoms with Gasteiger partial charge in [-0.05, 0) is 37.9 Å². The molecule has 0 bridgehead atoms. The molecule has 0 aliphatic heterocycles. The van der Waals surface area contributed by atoms with E-state index in [9.17, 15) is 4.21 Å². The van der Waals surface area contributed by atoms with Crippen molar-refractivity contribution < 1.29 is 4.21 Å². The Morgan fingerprint density at radius 3 is 2.35 bits per heavy atom. The largest absolute Gasteiger partial charge is 0.242 e. The van der Waals surface area contributed by atoms with Crippen LogP contribution in [0.25, 0.3) is 0 Å². The van der Waals surface area contributed by atoms with Crippen LogP contribution < -0.4 is 4.72 Å². The second kappa shape index (κ2) is 6.20. The highest BCUT2D eigenvalue weighted by Crippen LogP contribution is 2.16. The van der Waals surface area contributed by atoms with E-state index in [-0.39, 0.29) is 10.8 Å². The summed E-state index contributed by atoms with van der Waals surface area (Å²) in [5.74, 6) is 2.81. The molecule has 0 saturated heterocycles. The zero-order valence-corrected chi connectivity index (χ0v) is 11.7. The van der Waals surface area contributed by atoms with Crippen molar-refractivity contribution in [2.75, 3.05) is 0 Å². The lowest BCUT2D eigenvalue weighted by atomic mass is 10.1. The molecule has 0 fully saturated rings. The molecule has 4 heteroatoms. The Morgan fingerprint density at radius 2 is 1.88 bits per heavy atom. The van der Waals surface area contributed by atoms with E-state index in [1.54, 1.807) is 0 Å². The minimum atomic E-state index is -1.18. The van der Waals surface area contributed by atoms with Crippen LogP contribution in [0.4, 0.5) is 0 Å². The van der Waals surface area contributed by atoms with Gasteiger partial charge in [-0.15, -0.1) is 0 Å². The summed E-state index contributed by atoms with van der Waals surface area (Å²) in [5, 5.41) is 2.35. The number of rotatable bonds is 3. The first kappa shape index (κ1) is 14.2. The zero-order chi connectivity index (χ0) is 12.9. The Labute approximate surface area is 110 Å². The second-order valence-corrected chi connectivity index (χ2v) is 6.77. The quantitative estimate of drug-likeness (QED) is 0.840. The fourth-order valence-corrected chi connectivity index (χ4v) is 2.04. The minimum absolute atomic E-state index is 0.311. The predicted molar refractivity (Wildman–Crippen MR) is 73.8 cm³/mol. The van der Waals surface area contributed by atoms with E-state index >= 15 is 0 Å². The molecule has 17 heavy (non-hydrogen) atoms. The molecule has 0 aliphatic rings. The molecule has 0 amide bonds. The highest BCUT2D eigenvalue weighted by atomic mass is 35.5. The van der Waals surface area contributed by atoms with Crippen LogP contribution in [-0.4, -0.2) is 8.96 Å². The maximum Gasteiger partial charge on any atom is 0.107 e. The second-order valence-electron chi connectivity index (χ2n) is 4.58. The van der Waals surface area contributed by atoms with E-state index in [0.29, 0.717) is 0 Å². The monoisotopic (exact) mass is 269 g/mol. The van der Waals surface area contributed by atoms with Crippen molar-refractivity contribution in [3.05, 3.63) is 35.9 Å². The average Bonchev–Trinajstić information content (AvgIpc) is 2.28. The van der Waals surface area contributed by atoms with Gasteiger partial charge in [-0.3, -0.25) is 0 Å². The van der Waals surface area contributed by atoms with E-state index < -0.39 is 11.0 Å². The molecule has 1 unspecified atom stereocenters. The normalized spacial score (nSPS) is 14.6. The van der Waals surface area contributed by atoms with Gasteiger partial charge in [0.25, 0.3) is 0 Å². The van der Waals surface area contributed by atoms with Crippen LogP contribution in [0.15, 0.2) is 30.3 Å². The third kappa shape index (κ3) is 4.51. The van der Waals surface area contributed by atoms with Crippen molar-refractivity contribution in [3.63, 3.8) is 0 Å². The number of halogens is 1. The Bertz CT molecular complexity index is 442. The van der Waals surface area contributed by atoms with Crippen LogP contribution in [0.1, 0.15) is 32.4 Å². The number of hydrogen-bond donors (Lipinski definition) is 1. The summed E-state index contributed by atoms with van der Waals surface area (Å²) in [4.78, 5) is 0. The lowest BCUT2D eigenvalue weighted by Gasteiger charge is -2.21. The fourth-order valence-electron chi connectivity index (χ4n) is 1.16.